The Bertz CT molecular complexity index is 660. The Morgan fingerprint density at radius 2 is 2.19 bits per heavy atom. The molecule has 6 heteroatoms. The average Bonchev–Trinajstić information content (AvgIpc) is 2.79. The van der Waals surface area contributed by atoms with Crippen molar-refractivity contribution >= 4 is 0 Å². The molecule has 0 spiro atoms. The summed E-state index contributed by atoms with van der Waals surface area (Å²) in [6.07, 6.45) is 1.51. The molecule has 1 aromatic heterocycles. The third-order valence-corrected chi connectivity index (χ3v) is 3.52. The lowest BCUT2D eigenvalue weighted by molar-refractivity contribution is 0.406. The molecule has 0 radical (unpaired) electrons. The molecule has 1 N–H and O–H groups in total. The summed E-state index contributed by atoms with van der Waals surface area (Å²) >= 11 is 0. The average molecular weight is 290 g/mol. The first kappa shape index (κ1) is 15.3. The van der Waals surface area contributed by atoms with Gasteiger partial charge in [0.25, 0.3) is 0 Å². The summed E-state index contributed by atoms with van der Waals surface area (Å²) in [6, 6.07) is 6.29. The lowest BCUT2D eigenvalue weighted by Crippen LogP contribution is -2.24. The van der Waals surface area contributed by atoms with Crippen molar-refractivity contribution in [2.75, 3.05) is 13.7 Å². The van der Waals surface area contributed by atoms with Gasteiger partial charge in [-0.1, -0.05) is 13.0 Å². The van der Waals surface area contributed by atoms with E-state index in [0.29, 0.717) is 6.54 Å². The van der Waals surface area contributed by atoms with Gasteiger partial charge in [0.1, 0.15) is 12.1 Å². The van der Waals surface area contributed by atoms with Crippen LogP contribution in [0.2, 0.25) is 0 Å². The SMILES string of the molecule is CCNC(C)c1ccc(OC)c(Cn2ncn(C)c2=O)c1. The molecule has 2 rings (SSSR count). The number of hydrogen-bond acceptors (Lipinski definition) is 4. The van der Waals surface area contributed by atoms with Crippen molar-refractivity contribution in [3.8, 4) is 5.75 Å². The molecule has 1 aromatic carbocycles. The van der Waals surface area contributed by atoms with Gasteiger partial charge in [-0.3, -0.25) is 4.57 Å². The van der Waals surface area contributed by atoms with E-state index in [-0.39, 0.29) is 11.7 Å². The fourth-order valence-corrected chi connectivity index (χ4v) is 2.31. The number of nitrogens with one attached hydrogen (secondary N) is 1. The Morgan fingerprint density at radius 1 is 1.43 bits per heavy atom. The molecular weight excluding hydrogens is 268 g/mol. The van der Waals surface area contributed by atoms with Gasteiger partial charge < -0.3 is 10.1 Å². The molecule has 0 saturated carbocycles. The molecule has 6 nitrogen and oxygen atoms in total. The van der Waals surface area contributed by atoms with Gasteiger partial charge in [0, 0.05) is 18.7 Å². The largest absolute Gasteiger partial charge is 0.496 e. The summed E-state index contributed by atoms with van der Waals surface area (Å²) < 4.78 is 8.27. The summed E-state index contributed by atoms with van der Waals surface area (Å²) in [5.41, 5.74) is 1.97. The molecule has 21 heavy (non-hydrogen) atoms. The van der Waals surface area contributed by atoms with Crippen LogP contribution in [0, 0.1) is 0 Å². The number of rotatable bonds is 6. The van der Waals surface area contributed by atoms with Gasteiger partial charge in [-0.2, -0.15) is 5.10 Å². The highest BCUT2D eigenvalue weighted by atomic mass is 16.5. The van der Waals surface area contributed by atoms with Crippen LogP contribution in [0.5, 0.6) is 5.75 Å². The van der Waals surface area contributed by atoms with E-state index in [9.17, 15) is 4.79 Å². The van der Waals surface area contributed by atoms with Crippen LogP contribution in [0.3, 0.4) is 0 Å². The van der Waals surface area contributed by atoms with Crippen LogP contribution in [0.25, 0.3) is 0 Å². The van der Waals surface area contributed by atoms with Crippen molar-refractivity contribution in [2.24, 2.45) is 7.05 Å². The smallest absolute Gasteiger partial charge is 0.345 e. The second-order valence-electron chi connectivity index (χ2n) is 5.03. The molecule has 2 aromatic rings. The third-order valence-electron chi connectivity index (χ3n) is 3.52. The number of benzene rings is 1. The maximum atomic E-state index is 11.9. The van der Waals surface area contributed by atoms with Crippen LogP contribution in [0.1, 0.15) is 31.0 Å². The number of ether oxygens (including phenoxy) is 1. The number of nitrogens with zero attached hydrogens (tertiary/aromatic N) is 3. The number of methoxy groups -OCH3 is 1. The van der Waals surface area contributed by atoms with Gasteiger partial charge in [-0.05, 0) is 31.2 Å². The second-order valence-corrected chi connectivity index (χ2v) is 5.03. The van der Waals surface area contributed by atoms with Crippen LogP contribution in [-0.2, 0) is 13.6 Å². The van der Waals surface area contributed by atoms with Gasteiger partial charge in [0.05, 0.1) is 13.7 Å². The van der Waals surface area contributed by atoms with Gasteiger partial charge >= 0.3 is 5.69 Å². The number of aromatic nitrogens is 3. The second kappa shape index (κ2) is 6.58. The highest BCUT2D eigenvalue weighted by molar-refractivity contribution is 5.38. The summed E-state index contributed by atoms with van der Waals surface area (Å²) in [7, 11) is 3.32. The first-order chi connectivity index (χ1) is 10.1. The minimum atomic E-state index is -0.137. The lowest BCUT2D eigenvalue weighted by Gasteiger charge is -2.16. The van der Waals surface area contributed by atoms with E-state index >= 15 is 0 Å². The Labute approximate surface area is 124 Å². The fraction of sp³-hybridized carbons (Fsp3) is 0.467. The predicted molar refractivity (Wildman–Crippen MR) is 81.7 cm³/mol. The standard InChI is InChI=1S/C15H22N4O2/c1-5-16-11(2)12-6-7-14(21-4)13(8-12)9-19-15(20)18(3)10-17-19/h6-8,10-11,16H,5,9H2,1-4H3. The van der Waals surface area contributed by atoms with Gasteiger partial charge in [-0.15, -0.1) is 0 Å². The minimum Gasteiger partial charge on any atom is -0.496 e. The molecule has 0 amide bonds. The van der Waals surface area contributed by atoms with E-state index in [4.69, 9.17) is 4.74 Å². The Kier molecular flexibility index (Phi) is 4.80. The van der Waals surface area contributed by atoms with Gasteiger partial charge in [-0.25, -0.2) is 9.48 Å². The molecule has 0 aliphatic rings. The van der Waals surface area contributed by atoms with Gasteiger partial charge in [0.15, 0.2) is 0 Å². The molecule has 1 atom stereocenters. The van der Waals surface area contributed by atoms with Crippen LogP contribution in [0.4, 0.5) is 0 Å². The molecule has 0 bridgehead atoms. The van der Waals surface area contributed by atoms with Crippen LogP contribution in [-0.4, -0.2) is 28.0 Å². The van der Waals surface area contributed by atoms with E-state index in [1.54, 1.807) is 14.2 Å². The van der Waals surface area contributed by atoms with Crippen LogP contribution < -0.4 is 15.7 Å². The molecule has 1 heterocycles. The minimum absolute atomic E-state index is 0.137. The molecule has 114 valence electrons. The number of aryl methyl sites for hydroxylation is 1. The summed E-state index contributed by atoms with van der Waals surface area (Å²) in [5.74, 6) is 0.764. The monoisotopic (exact) mass is 290 g/mol. The van der Waals surface area contributed by atoms with Crippen molar-refractivity contribution < 1.29 is 4.74 Å². The first-order valence-corrected chi connectivity index (χ1v) is 7.05. The Balaban J connectivity index is 2.34. The molecule has 0 aliphatic carbocycles. The first-order valence-electron chi connectivity index (χ1n) is 7.05. The lowest BCUT2D eigenvalue weighted by atomic mass is 10.0. The number of hydrogen-bond donors (Lipinski definition) is 1. The van der Waals surface area contributed by atoms with Crippen molar-refractivity contribution in [1.29, 1.82) is 0 Å². The molecule has 0 fully saturated rings. The summed E-state index contributed by atoms with van der Waals surface area (Å²) in [6.45, 7) is 5.49. The topological polar surface area (TPSA) is 61.1 Å². The van der Waals surface area contributed by atoms with Gasteiger partial charge in [0.2, 0.25) is 0 Å². The van der Waals surface area contributed by atoms with Crippen LogP contribution >= 0.6 is 0 Å². The highest BCUT2D eigenvalue weighted by Gasteiger charge is 2.11. The van der Waals surface area contributed by atoms with Crippen LogP contribution in [0.15, 0.2) is 29.3 Å². The summed E-state index contributed by atoms with van der Waals surface area (Å²) in [4.78, 5) is 11.9. The maximum absolute atomic E-state index is 11.9. The summed E-state index contributed by atoms with van der Waals surface area (Å²) in [5, 5.41) is 7.47. The zero-order chi connectivity index (χ0) is 15.4. The van der Waals surface area contributed by atoms with E-state index in [1.165, 1.54) is 15.6 Å². The molecule has 1 unspecified atom stereocenters. The molecule has 0 saturated heterocycles. The zero-order valence-corrected chi connectivity index (χ0v) is 13.0. The van der Waals surface area contributed by atoms with Crippen molar-refractivity contribution in [1.82, 2.24) is 19.7 Å². The van der Waals surface area contributed by atoms with Crippen molar-refractivity contribution in [3.63, 3.8) is 0 Å². The quantitative estimate of drug-likeness (QED) is 0.871. The normalized spacial score (nSPS) is 12.4. The third kappa shape index (κ3) is 3.33. The molecule has 0 aliphatic heterocycles. The van der Waals surface area contributed by atoms with E-state index in [0.717, 1.165) is 23.4 Å². The fourth-order valence-electron chi connectivity index (χ4n) is 2.31. The Morgan fingerprint density at radius 3 is 2.76 bits per heavy atom. The predicted octanol–water partition coefficient (Wildman–Crippen LogP) is 1.31. The van der Waals surface area contributed by atoms with E-state index in [1.807, 2.05) is 12.1 Å². The Hall–Kier alpha value is -2.08. The van der Waals surface area contributed by atoms with E-state index < -0.39 is 0 Å². The van der Waals surface area contributed by atoms with E-state index in [2.05, 4.69) is 30.3 Å². The van der Waals surface area contributed by atoms with Crippen molar-refractivity contribution in [2.45, 2.75) is 26.4 Å². The maximum Gasteiger partial charge on any atom is 0.345 e. The highest BCUT2D eigenvalue weighted by Crippen LogP contribution is 2.23. The zero-order valence-electron chi connectivity index (χ0n) is 13.0. The molecular formula is C15H22N4O2. The van der Waals surface area contributed by atoms with Crippen molar-refractivity contribution in [3.05, 3.63) is 46.1 Å².